The number of aromatic nitrogens is 4. The number of amides is 1. The Morgan fingerprint density at radius 1 is 1.52 bits per heavy atom. The van der Waals surface area contributed by atoms with Gasteiger partial charge in [0.15, 0.2) is 0 Å². The molecule has 0 aromatic carbocycles. The summed E-state index contributed by atoms with van der Waals surface area (Å²) in [5.74, 6) is 0.370. The topological polar surface area (TPSA) is 92.7 Å². The molecule has 1 amide bonds. The molecule has 21 heavy (non-hydrogen) atoms. The summed E-state index contributed by atoms with van der Waals surface area (Å²) < 4.78 is 1.73. The zero-order valence-corrected chi connectivity index (χ0v) is 12.5. The Balaban J connectivity index is 2.20. The van der Waals surface area contributed by atoms with Crippen LogP contribution in [0.4, 0.5) is 0 Å². The van der Waals surface area contributed by atoms with Crippen LogP contribution in [0.15, 0.2) is 23.4 Å². The van der Waals surface area contributed by atoms with Crippen LogP contribution in [0.5, 0.6) is 0 Å². The summed E-state index contributed by atoms with van der Waals surface area (Å²) in [5.41, 5.74) is -0.133. The average molecular weight is 310 g/mol. The quantitative estimate of drug-likeness (QED) is 0.875. The van der Waals surface area contributed by atoms with Crippen molar-refractivity contribution in [3.8, 4) is 0 Å². The second-order valence-electron chi connectivity index (χ2n) is 4.43. The fraction of sp³-hybridized carbons (Fsp3) is 0.385. The zero-order chi connectivity index (χ0) is 15.4. The van der Waals surface area contributed by atoms with Crippen LogP contribution < -0.4 is 10.9 Å². The molecule has 1 atom stereocenters. The second-order valence-corrected chi connectivity index (χ2v) is 4.84. The van der Waals surface area contributed by atoms with Gasteiger partial charge in [-0.25, -0.2) is 9.67 Å². The molecule has 112 valence electrons. The Morgan fingerprint density at radius 2 is 2.29 bits per heavy atom. The number of aromatic amines is 1. The molecule has 0 saturated heterocycles. The van der Waals surface area contributed by atoms with Crippen molar-refractivity contribution >= 4 is 17.5 Å². The normalized spacial score (nSPS) is 12.1. The molecule has 0 saturated carbocycles. The molecule has 0 radical (unpaired) electrons. The SMILES string of the molecule is CC[C@@H](NC(=O)c1c[nH]c(=O)c(Cl)c1)c1ncnn1CC. The number of hydrogen-bond acceptors (Lipinski definition) is 4. The molecule has 2 heterocycles. The van der Waals surface area contributed by atoms with E-state index in [1.54, 1.807) is 4.68 Å². The Morgan fingerprint density at radius 3 is 2.90 bits per heavy atom. The monoisotopic (exact) mass is 309 g/mol. The van der Waals surface area contributed by atoms with Crippen LogP contribution in [0.25, 0.3) is 0 Å². The number of carbonyl (C=O) groups is 1. The third-order valence-electron chi connectivity index (χ3n) is 3.09. The van der Waals surface area contributed by atoms with Gasteiger partial charge in [0.05, 0.1) is 11.6 Å². The van der Waals surface area contributed by atoms with Gasteiger partial charge < -0.3 is 10.3 Å². The van der Waals surface area contributed by atoms with E-state index in [4.69, 9.17) is 11.6 Å². The van der Waals surface area contributed by atoms with E-state index >= 15 is 0 Å². The third kappa shape index (κ3) is 3.30. The summed E-state index contributed by atoms with van der Waals surface area (Å²) in [6, 6.07) is 1.08. The Labute approximate surface area is 126 Å². The first-order chi connectivity index (χ1) is 10.1. The van der Waals surface area contributed by atoms with Crippen molar-refractivity contribution < 1.29 is 4.79 Å². The highest BCUT2D eigenvalue weighted by Crippen LogP contribution is 2.15. The lowest BCUT2D eigenvalue weighted by Gasteiger charge is -2.16. The fourth-order valence-electron chi connectivity index (χ4n) is 1.96. The number of hydrogen-bond donors (Lipinski definition) is 2. The highest BCUT2D eigenvalue weighted by atomic mass is 35.5. The first-order valence-corrected chi connectivity index (χ1v) is 7.01. The fourth-order valence-corrected chi connectivity index (χ4v) is 2.14. The van der Waals surface area contributed by atoms with E-state index in [0.29, 0.717) is 24.4 Å². The van der Waals surface area contributed by atoms with E-state index in [-0.39, 0.29) is 17.0 Å². The summed E-state index contributed by atoms with van der Waals surface area (Å²) in [6.45, 7) is 4.57. The van der Waals surface area contributed by atoms with Crippen LogP contribution in [-0.2, 0) is 6.54 Å². The van der Waals surface area contributed by atoms with Gasteiger partial charge in [0, 0.05) is 12.7 Å². The summed E-state index contributed by atoms with van der Waals surface area (Å²) in [4.78, 5) is 30.0. The van der Waals surface area contributed by atoms with Gasteiger partial charge in [0.1, 0.15) is 17.2 Å². The van der Waals surface area contributed by atoms with Crippen LogP contribution in [0.1, 0.15) is 42.5 Å². The Kier molecular flexibility index (Phi) is 4.74. The molecule has 7 nitrogen and oxygen atoms in total. The molecule has 2 N–H and O–H groups in total. The van der Waals surface area contributed by atoms with Crippen LogP contribution in [0, 0.1) is 0 Å². The third-order valence-corrected chi connectivity index (χ3v) is 3.37. The molecule has 0 bridgehead atoms. The van der Waals surface area contributed by atoms with Gasteiger partial charge in [-0.05, 0) is 19.4 Å². The van der Waals surface area contributed by atoms with Crippen molar-refractivity contribution in [1.82, 2.24) is 25.1 Å². The van der Waals surface area contributed by atoms with Gasteiger partial charge in [0.2, 0.25) is 0 Å². The van der Waals surface area contributed by atoms with Crippen molar-refractivity contribution in [2.75, 3.05) is 0 Å². The first-order valence-electron chi connectivity index (χ1n) is 6.63. The molecular formula is C13H16ClN5O2. The number of halogens is 1. The van der Waals surface area contributed by atoms with Gasteiger partial charge in [-0.15, -0.1) is 0 Å². The molecule has 0 unspecified atom stereocenters. The van der Waals surface area contributed by atoms with E-state index in [1.807, 2.05) is 13.8 Å². The van der Waals surface area contributed by atoms with Crippen molar-refractivity contribution in [3.63, 3.8) is 0 Å². The van der Waals surface area contributed by atoms with Crippen molar-refractivity contribution in [2.45, 2.75) is 32.9 Å². The molecule has 2 aromatic heterocycles. The number of nitrogens with zero attached hydrogens (tertiary/aromatic N) is 3. The lowest BCUT2D eigenvalue weighted by molar-refractivity contribution is 0.0932. The van der Waals surface area contributed by atoms with Crippen LogP contribution in [-0.4, -0.2) is 25.7 Å². The minimum absolute atomic E-state index is 0.0209. The van der Waals surface area contributed by atoms with Gasteiger partial charge in [0.25, 0.3) is 11.5 Å². The lowest BCUT2D eigenvalue weighted by Crippen LogP contribution is -2.30. The molecule has 8 heteroatoms. The highest BCUT2D eigenvalue weighted by Gasteiger charge is 2.19. The molecular weight excluding hydrogens is 294 g/mol. The van der Waals surface area contributed by atoms with E-state index in [2.05, 4.69) is 20.4 Å². The average Bonchev–Trinajstić information content (AvgIpc) is 2.95. The predicted octanol–water partition coefficient (Wildman–Crippen LogP) is 1.52. The molecule has 2 rings (SSSR count). The van der Waals surface area contributed by atoms with Crippen LogP contribution >= 0.6 is 11.6 Å². The van der Waals surface area contributed by atoms with Crippen LogP contribution in [0.3, 0.4) is 0 Å². The van der Waals surface area contributed by atoms with E-state index in [9.17, 15) is 9.59 Å². The number of nitrogens with one attached hydrogen (secondary N) is 2. The van der Waals surface area contributed by atoms with Gasteiger partial charge in [-0.1, -0.05) is 18.5 Å². The number of rotatable bonds is 5. The maximum absolute atomic E-state index is 12.2. The molecule has 0 aliphatic carbocycles. The van der Waals surface area contributed by atoms with Crippen molar-refractivity contribution in [1.29, 1.82) is 0 Å². The minimum Gasteiger partial charge on any atom is -0.342 e. The van der Waals surface area contributed by atoms with E-state index < -0.39 is 5.56 Å². The molecule has 0 fully saturated rings. The molecule has 2 aromatic rings. The highest BCUT2D eigenvalue weighted by molar-refractivity contribution is 6.30. The smallest absolute Gasteiger partial charge is 0.266 e. The maximum Gasteiger partial charge on any atom is 0.266 e. The van der Waals surface area contributed by atoms with Gasteiger partial charge >= 0.3 is 0 Å². The Hall–Kier alpha value is -2.15. The standard InChI is InChI=1S/C13H16ClN5O2/c1-3-10(11-16-7-17-19(11)4-2)18-12(20)8-5-9(14)13(21)15-6-8/h5-7,10H,3-4H2,1-2H3,(H,15,21)(H,18,20)/t10-/m1/s1. The number of carbonyl (C=O) groups excluding carboxylic acids is 1. The molecule has 0 aliphatic rings. The maximum atomic E-state index is 12.2. The summed E-state index contributed by atoms with van der Waals surface area (Å²) in [5, 5.41) is 6.94. The van der Waals surface area contributed by atoms with E-state index in [0.717, 1.165) is 0 Å². The van der Waals surface area contributed by atoms with Gasteiger partial charge in [-0.3, -0.25) is 9.59 Å². The van der Waals surface area contributed by atoms with E-state index in [1.165, 1.54) is 18.6 Å². The first kappa shape index (κ1) is 15.2. The summed E-state index contributed by atoms with van der Waals surface area (Å²) in [7, 11) is 0. The zero-order valence-electron chi connectivity index (χ0n) is 11.8. The van der Waals surface area contributed by atoms with Crippen molar-refractivity contribution in [3.05, 3.63) is 45.4 Å². The number of pyridine rings is 1. The Bertz CT molecular complexity index is 694. The lowest BCUT2D eigenvalue weighted by atomic mass is 10.2. The largest absolute Gasteiger partial charge is 0.342 e. The second kappa shape index (κ2) is 6.53. The van der Waals surface area contributed by atoms with Crippen molar-refractivity contribution in [2.24, 2.45) is 0 Å². The number of H-pyrrole nitrogens is 1. The number of aryl methyl sites for hydroxylation is 1. The molecule has 0 aliphatic heterocycles. The summed E-state index contributed by atoms with van der Waals surface area (Å²) >= 11 is 5.73. The minimum atomic E-state index is -0.425. The summed E-state index contributed by atoms with van der Waals surface area (Å²) in [6.07, 6.45) is 3.47. The predicted molar refractivity (Wildman–Crippen MR) is 78.3 cm³/mol. The van der Waals surface area contributed by atoms with Gasteiger partial charge in [-0.2, -0.15) is 5.10 Å². The van der Waals surface area contributed by atoms with Crippen LogP contribution in [0.2, 0.25) is 5.02 Å². The molecule has 0 spiro atoms.